The number of aliphatic hydroxyl groups is 1. The molecule has 0 radical (unpaired) electrons. The van der Waals surface area contributed by atoms with Gasteiger partial charge in [0.1, 0.15) is 0 Å². The summed E-state index contributed by atoms with van der Waals surface area (Å²) >= 11 is 3.43. The molecule has 3 heterocycles. The van der Waals surface area contributed by atoms with Crippen LogP contribution in [0.5, 0.6) is 0 Å². The molecule has 5 nitrogen and oxygen atoms in total. The summed E-state index contributed by atoms with van der Waals surface area (Å²) in [5, 5.41) is 10.3. The molecular weight excluding hydrogens is 360 g/mol. The maximum atomic E-state index is 10.3. The first-order valence-electron chi connectivity index (χ1n) is 8.45. The summed E-state index contributed by atoms with van der Waals surface area (Å²) in [7, 11) is 0. The molecule has 0 aromatic carbocycles. The molecule has 23 heavy (non-hydrogen) atoms. The monoisotopic (exact) mass is 384 g/mol. The van der Waals surface area contributed by atoms with E-state index < -0.39 is 6.10 Å². The van der Waals surface area contributed by atoms with Gasteiger partial charge in [-0.1, -0.05) is 0 Å². The Morgan fingerprint density at radius 1 is 1.35 bits per heavy atom. The van der Waals surface area contributed by atoms with E-state index in [0.717, 1.165) is 55.6 Å². The first kappa shape index (κ1) is 17.3. The van der Waals surface area contributed by atoms with Crippen LogP contribution in [0.25, 0.3) is 0 Å². The zero-order chi connectivity index (χ0) is 16.1. The summed E-state index contributed by atoms with van der Waals surface area (Å²) < 4.78 is 12.2. The molecule has 2 unspecified atom stereocenters. The number of likely N-dealkylation sites (tertiary alicyclic amines) is 1. The molecule has 3 rings (SSSR count). The van der Waals surface area contributed by atoms with E-state index in [1.165, 1.54) is 0 Å². The summed E-state index contributed by atoms with van der Waals surface area (Å²) in [6.45, 7) is 3.60. The number of hydrogen-bond donors (Lipinski definition) is 1. The van der Waals surface area contributed by atoms with Gasteiger partial charge in [-0.05, 0) is 60.3 Å². The summed E-state index contributed by atoms with van der Waals surface area (Å²) in [4.78, 5) is 6.85. The van der Waals surface area contributed by atoms with Crippen LogP contribution < -0.4 is 0 Å². The maximum absolute atomic E-state index is 10.3. The smallest absolute Gasteiger partial charge is 0.0900 e. The second-order valence-corrected chi connectivity index (χ2v) is 7.27. The molecule has 0 saturated carbocycles. The summed E-state index contributed by atoms with van der Waals surface area (Å²) in [5.41, 5.74) is 1.09. The number of pyridine rings is 1. The van der Waals surface area contributed by atoms with Crippen molar-refractivity contribution in [2.75, 3.05) is 32.9 Å². The van der Waals surface area contributed by atoms with Gasteiger partial charge in [-0.25, -0.2) is 0 Å². The van der Waals surface area contributed by atoms with Gasteiger partial charge in [-0.2, -0.15) is 0 Å². The quantitative estimate of drug-likeness (QED) is 0.816. The number of ether oxygens (including phenoxy) is 2. The summed E-state index contributed by atoms with van der Waals surface area (Å²) in [6, 6.07) is 4.41. The van der Waals surface area contributed by atoms with Crippen LogP contribution in [0, 0.1) is 0 Å². The highest BCUT2D eigenvalue weighted by molar-refractivity contribution is 9.10. The summed E-state index contributed by atoms with van der Waals surface area (Å²) in [5.74, 6) is 0. The topological polar surface area (TPSA) is 54.8 Å². The van der Waals surface area contributed by atoms with Crippen molar-refractivity contribution in [3.05, 3.63) is 28.5 Å². The molecule has 0 aliphatic carbocycles. The van der Waals surface area contributed by atoms with Crippen molar-refractivity contribution in [3.63, 3.8) is 0 Å². The molecule has 6 heteroatoms. The fourth-order valence-electron chi connectivity index (χ4n) is 3.38. The fraction of sp³-hybridized carbons (Fsp3) is 0.706. The number of β-amino-alcohol motifs (C(OH)–C–C–N with tert-alkyl or cyclic N) is 1. The van der Waals surface area contributed by atoms with Crippen LogP contribution in [0.4, 0.5) is 0 Å². The molecule has 2 aliphatic heterocycles. The molecule has 2 saturated heterocycles. The Labute approximate surface area is 146 Å². The predicted octanol–water partition coefficient (Wildman–Crippen LogP) is 2.54. The van der Waals surface area contributed by atoms with Crippen LogP contribution in [0.2, 0.25) is 0 Å². The lowest BCUT2D eigenvalue weighted by Crippen LogP contribution is -2.36. The van der Waals surface area contributed by atoms with Crippen LogP contribution in [-0.4, -0.2) is 60.1 Å². The number of aliphatic hydroxyl groups excluding tert-OH is 1. The van der Waals surface area contributed by atoms with E-state index in [-0.39, 0.29) is 6.10 Å². The average Bonchev–Trinajstić information content (AvgIpc) is 3.03. The standard InChI is InChI=1S/C17H25BrN2O3/c18-13-3-4-16(19-10-13)17-2-1-7-20(17)11-14(21)12-23-15-5-8-22-9-6-15/h3-4,10,14-15,17,21H,1-2,5-9,11-12H2. The van der Waals surface area contributed by atoms with Crippen molar-refractivity contribution in [2.45, 2.75) is 43.9 Å². The zero-order valence-electron chi connectivity index (χ0n) is 13.4. The molecule has 1 aromatic rings. The lowest BCUT2D eigenvalue weighted by molar-refractivity contribution is -0.0647. The van der Waals surface area contributed by atoms with Crippen molar-refractivity contribution in [2.24, 2.45) is 0 Å². The summed E-state index contributed by atoms with van der Waals surface area (Å²) in [6.07, 6.45) is 5.74. The normalized spacial score (nSPS) is 24.9. The van der Waals surface area contributed by atoms with Crippen LogP contribution >= 0.6 is 15.9 Å². The minimum Gasteiger partial charge on any atom is -0.389 e. The second-order valence-electron chi connectivity index (χ2n) is 6.35. The van der Waals surface area contributed by atoms with Gasteiger partial charge in [0, 0.05) is 30.4 Å². The number of nitrogens with zero attached hydrogens (tertiary/aromatic N) is 2. The highest BCUT2D eigenvalue weighted by Crippen LogP contribution is 2.31. The highest BCUT2D eigenvalue weighted by atomic mass is 79.9. The molecule has 1 aromatic heterocycles. The van der Waals surface area contributed by atoms with Crippen molar-refractivity contribution >= 4 is 15.9 Å². The first-order valence-corrected chi connectivity index (χ1v) is 9.24. The van der Waals surface area contributed by atoms with Gasteiger partial charge < -0.3 is 14.6 Å². The highest BCUT2D eigenvalue weighted by Gasteiger charge is 2.28. The van der Waals surface area contributed by atoms with Crippen molar-refractivity contribution in [3.8, 4) is 0 Å². The van der Waals surface area contributed by atoms with Crippen molar-refractivity contribution in [1.29, 1.82) is 0 Å². The molecular formula is C17H25BrN2O3. The SMILES string of the molecule is OC(COC1CCOCC1)CN1CCCC1c1ccc(Br)cn1. The minimum absolute atomic E-state index is 0.237. The number of aromatic nitrogens is 1. The molecule has 2 atom stereocenters. The van der Waals surface area contributed by atoms with Crippen LogP contribution in [0.1, 0.15) is 37.4 Å². The molecule has 2 fully saturated rings. The van der Waals surface area contributed by atoms with Gasteiger partial charge in [0.15, 0.2) is 0 Å². The van der Waals surface area contributed by atoms with E-state index in [0.29, 0.717) is 19.2 Å². The third kappa shape index (κ3) is 4.97. The Morgan fingerprint density at radius 2 is 2.17 bits per heavy atom. The second kappa shape index (κ2) is 8.53. The van der Waals surface area contributed by atoms with Crippen molar-refractivity contribution in [1.82, 2.24) is 9.88 Å². The number of hydrogen-bond acceptors (Lipinski definition) is 5. The van der Waals surface area contributed by atoms with E-state index in [4.69, 9.17) is 9.47 Å². The fourth-order valence-corrected chi connectivity index (χ4v) is 3.61. The van der Waals surface area contributed by atoms with Gasteiger partial charge in [-0.15, -0.1) is 0 Å². The largest absolute Gasteiger partial charge is 0.389 e. The van der Waals surface area contributed by atoms with Crippen LogP contribution in [0.3, 0.4) is 0 Å². The minimum atomic E-state index is -0.450. The average molecular weight is 385 g/mol. The Balaban J connectivity index is 1.48. The van der Waals surface area contributed by atoms with Gasteiger partial charge in [0.2, 0.25) is 0 Å². The Morgan fingerprint density at radius 3 is 2.91 bits per heavy atom. The third-order valence-electron chi connectivity index (χ3n) is 4.59. The molecule has 128 valence electrons. The van der Waals surface area contributed by atoms with Gasteiger partial charge >= 0.3 is 0 Å². The lowest BCUT2D eigenvalue weighted by Gasteiger charge is -2.28. The van der Waals surface area contributed by atoms with Gasteiger partial charge in [0.05, 0.1) is 30.6 Å². The number of halogens is 1. The maximum Gasteiger partial charge on any atom is 0.0900 e. The van der Waals surface area contributed by atoms with Gasteiger partial charge in [0.25, 0.3) is 0 Å². The lowest BCUT2D eigenvalue weighted by atomic mass is 10.1. The first-order chi connectivity index (χ1) is 11.2. The van der Waals surface area contributed by atoms with E-state index >= 15 is 0 Å². The number of rotatable bonds is 6. The third-order valence-corrected chi connectivity index (χ3v) is 5.06. The van der Waals surface area contributed by atoms with E-state index in [1.54, 1.807) is 0 Å². The Kier molecular flexibility index (Phi) is 6.42. The van der Waals surface area contributed by atoms with E-state index in [2.05, 4.69) is 31.9 Å². The molecule has 2 aliphatic rings. The predicted molar refractivity (Wildman–Crippen MR) is 91.3 cm³/mol. The molecule has 0 bridgehead atoms. The Hall–Kier alpha value is -0.530. The van der Waals surface area contributed by atoms with Crippen LogP contribution in [0.15, 0.2) is 22.8 Å². The van der Waals surface area contributed by atoms with Crippen LogP contribution in [-0.2, 0) is 9.47 Å². The molecule has 0 amide bonds. The van der Waals surface area contributed by atoms with Crippen molar-refractivity contribution < 1.29 is 14.6 Å². The molecule has 1 N–H and O–H groups in total. The van der Waals surface area contributed by atoms with E-state index in [9.17, 15) is 5.11 Å². The van der Waals surface area contributed by atoms with E-state index in [1.807, 2.05) is 12.3 Å². The Bertz CT molecular complexity index is 479. The molecule has 0 spiro atoms. The zero-order valence-corrected chi connectivity index (χ0v) is 15.0. The van der Waals surface area contributed by atoms with Gasteiger partial charge in [-0.3, -0.25) is 9.88 Å².